The number of morpholine rings is 1. The van der Waals surface area contributed by atoms with Gasteiger partial charge in [-0.15, -0.1) is 0 Å². The molecule has 1 heterocycles. The van der Waals surface area contributed by atoms with Gasteiger partial charge in [-0.1, -0.05) is 25.3 Å². The van der Waals surface area contributed by atoms with E-state index in [1.807, 2.05) is 0 Å². The van der Waals surface area contributed by atoms with Gasteiger partial charge in [0, 0.05) is 24.7 Å². The molecular weight excluding hydrogens is 248 g/mol. The first-order valence-corrected chi connectivity index (χ1v) is 7.02. The van der Waals surface area contributed by atoms with Gasteiger partial charge >= 0.3 is 0 Å². The van der Waals surface area contributed by atoms with Gasteiger partial charge in [-0.2, -0.15) is 0 Å². The maximum absolute atomic E-state index is 13.8. The third-order valence-corrected chi connectivity index (χ3v) is 4.24. The van der Waals surface area contributed by atoms with Crippen molar-refractivity contribution in [2.24, 2.45) is 0 Å². The van der Waals surface area contributed by atoms with Crippen molar-refractivity contribution in [1.29, 1.82) is 0 Å². The van der Waals surface area contributed by atoms with Gasteiger partial charge in [0.05, 0.1) is 11.7 Å². The van der Waals surface area contributed by atoms with E-state index in [4.69, 9.17) is 4.74 Å². The molecule has 104 valence electrons. The Morgan fingerprint density at radius 3 is 2.68 bits per heavy atom. The molecule has 2 aliphatic rings. The summed E-state index contributed by atoms with van der Waals surface area (Å²) in [5.74, 6) is -1.06. The first kappa shape index (κ1) is 13.0. The number of halogens is 2. The molecule has 1 saturated heterocycles. The van der Waals surface area contributed by atoms with E-state index in [-0.39, 0.29) is 11.7 Å². The fraction of sp³-hybridized carbons (Fsp3) is 0.600. The lowest BCUT2D eigenvalue weighted by Gasteiger charge is -2.44. The van der Waals surface area contributed by atoms with E-state index in [0.29, 0.717) is 12.1 Å². The van der Waals surface area contributed by atoms with Crippen molar-refractivity contribution in [3.8, 4) is 0 Å². The van der Waals surface area contributed by atoms with Crippen LogP contribution in [0.25, 0.3) is 0 Å². The van der Waals surface area contributed by atoms with Crippen molar-refractivity contribution < 1.29 is 13.5 Å². The Morgan fingerprint density at radius 2 is 1.95 bits per heavy atom. The Kier molecular flexibility index (Phi) is 3.54. The van der Waals surface area contributed by atoms with Crippen molar-refractivity contribution in [2.45, 2.75) is 43.8 Å². The molecule has 1 saturated carbocycles. The molecule has 4 heteroatoms. The zero-order chi connectivity index (χ0) is 13.3. The van der Waals surface area contributed by atoms with Gasteiger partial charge in [0.15, 0.2) is 0 Å². The van der Waals surface area contributed by atoms with E-state index in [9.17, 15) is 8.78 Å². The predicted molar refractivity (Wildman–Crippen MR) is 68.9 cm³/mol. The number of nitrogens with one attached hydrogen (secondary N) is 1. The first-order chi connectivity index (χ1) is 9.19. The molecule has 1 aromatic carbocycles. The molecule has 1 spiro atoms. The second-order valence-electron chi connectivity index (χ2n) is 5.65. The average molecular weight is 267 g/mol. The molecular formula is C15H19F2NO. The quantitative estimate of drug-likeness (QED) is 0.842. The second-order valence-corrected chi connectivity index (χ2v) is 5.65. The fourth-order valence-electron chi connectivity index (χ4n) is 3.24. The van der Waals surface area contributed by atoms with E-state index in [1.165, 1.54) is 31.4 Å². The molecule has 0 amide bonds. The topological polar surface area (TPSA) is 21.3 Å². The van der Waals surface area contributed by atoms with Crippen LogP contribution < -0.4 is 5.32 Å². The minimum absolute atomic E-state index is 0.151. The molecule has 1 aliphatic heterocycles. The molecule has 1 atom stereocenters. The van der Waals surface area contributed by atoms with Gasteiger partial charge in [-0.25, -0.2) is 8.78 Å². The van der Waals surface area contributed by atoms with Crippen LogP contribution in [0.3, 0.4) is 0 Å². The Bertz CT molecular complexity index is 452. The van der Waals surface area contributed by atoms with E-state index in [0.717, 1.165) is 25.5 Å². The van der Waals surface area contributed by atoms with Crippen LogP contribution in [0.2, 0.25) is 0 Å². The molecule has 1 aliphatic carbocycles. The van der Waals surface area contributed by atoms with Gasteiger partial charge < -0.3 is 10.1 Å². The van der Waals surface area contributed by atoms with Crippen molar-refractivity contribution in [2.75, 3.05) is 13.1 Å². The zero-order valence-corrected chi connectivity index (χ0v) is 10.9. The number of hydrogen-bond acceptors (Lipinski definition) is 2. The molecule has 0 aromatic heterocycles. The molecule has 3 rings (SSSR count). The van der Waals surface area contributed by atoms with Crippen LogP contribution in [-0.4, -0.2) is 18.7 Å². The van der Waals surface area contributed by atoms with E-state index in [2.05, 4.69) is 5.32 Å². The highest BCUT2D eigenvalue weighted by Crippen LogP contribution is 2.38. The van der Waals surface area contributed by atoms with Crippen LogP contribution in [0.5, 0.6) is 0 Å². The summed E-state index contributed by atoms with van der Waals surface area (Å²) in [5, 5.41) is 3.35. The normalized spacial score (nSPS) is 26.5. The largest absolute Gasteiger partial charge is 0.364 e. The summed E-state index contributed by atoms with van der Waals surface area (Å²) in [6, 6.07) is 3.73. The summed E-state index contributed by atoms with van der Waals surface area (Å²) in [7, 11) is 0. The summed E-state index contributed by atoms with van der Waals surface area (Å²) in [6.07, 6.45) is 5.33. The van der Waals surface area contributed by atoms with E-state index >= 15 is 0 Å². The molecule has 1 N–H and O–H groups in total. The van der Waals surface area contributed by atoms with Crippen LogP contribution in [0.15, 0.2) is 18.2 Å². The van der Waals surface area contributed by atoms with E-state index in [1.54, 1.807) is 0 Å². The van der Waals surface area contributed by atoms with Crippen LogP contribution >= 0.6 is 0 Å². The molecule has 1 aromatic rings. The number of rotatable bonds is 1. The van der Waals surface area contributed by atoms with E-state index < -0.39 is 11.6 Å². The summed E-state index contributed by atoms with van der Waals surface area (Å²) in [4.78, 5) is 0. The van der Waals surface area contributed by atoms with Crippen LogP contribution in [0.4, 0.5) is 8.78 Å². The summed E-state index contributed by atoms with van der Waals surface area (Å²) in [6.45, 7) is 1.43. The number of hydrogen-bond donors (Lipinski definition) is 1. The lowest BCUT2D eigenvalue weighted by molar-refractivity contribution is -0.136. The average Bonchev–Trinajstić information content (AvgIpc) is 2.39. The van der Waals surface area contributed by atoms with Gasteiger partial charge in [-0.05, 0) is 18.9 Å². The SMILES string of the molecule is Fc1ccc(C2CNCC3(CCCCC3)O2)c(F)c1. The van der Waals surface area contributed by atoms with Crippen molar-refractivity contribution in [3.63, 3.8) is 0 Å². The summed E-state index contributed by atoms with van der Waals surface area (Å²) in [5.41, 5.74) is 0.306. The number of ether oxygens (including phenoxy) is 1. The first-order valence-electron chi connectivity index (χ1n) is 7.02. The Labute approximate surface area is 112 Å². The lowest BCUT2D eigenvalue weighted by Crippen LogP contribution is -2.51. The molecule has 0 radical (unpaired) electrons. The zero-order valence-electron chi connectivity index (χ0n) is 10.9. The lowest BCUT2D eigenvalue weighted by atomic mass is 9.83. The van der Waals surface area contributed by atoms with Crippen molar-refractivity contribution in [3.05, 3.63) is 35.4 Å². The highest BCUT2D eigenvalue weighted by molar-refractivity contribution is 5.22. The molecule has 19 heavy (non-hydrogen) atoms. The molecule has 1 unspecified atom stereocenters. The maximum Gasteiger partial charge on any atom is 0.131 e. The standard InChI is InChI=1S/C15H19F2NO/c16-11-4-5-12(13(17)8-11)14-9-18-10-15(19-14)6-2-1-3-7-15/h4-5,8,14,18H,1-3,6-7,9-10H2. The third kappa shape index (κ3) is 2.65. The predicted octanol–water partition coefficient (Wildman–Crippen LogP) is 3.33. The number of benzene rings is 1. The van der Waals surface area contributed by atoms with Crippen LogP contribution in [-0.2, 0) is 4.74 Å². The highest BCUT2D eigenvalue weighted by atomic mass is 19.1. The smallest absolute Gasteiger partial charge is 0.131 e. The Balaban J connectivity index is 1.81. The van der Waals surface area contributed by atoms with Crippen LogP contribution in [0, 0.1) is 11.6 Å². The Hall–Kier alpha value is -1.00. The monoisotopic (exact) mass is 267 g/mol. The Morgan fingerprint density at radius 1 is 1.16 bits per heavy atom. The minimum Gasteiger partial charge on any atom is -0.364 e. The fourth-order valence-corrected chi connectivity index (χ4v) is 3.24. The molecule has 2 fully saturated rings. The van der Waals surface area contributed by atoms with Crippen molar-refractivity contribution >= 4 is 0 Å². The molecule has 0 bridgehead atoms. The van der Waals surface area contributed by atoms with Crippen LogP contribution in [0.1, 0.15) is 43.8 Å². The van der Waals surface area contributed by atoms with Gasteiger partial charge in [0.1, 0.15) is 11.6 Å². The summed E-state index contributed by atoms with van der Waals surface area (Å²) < 4.78 is 33.0. The van der Waals surface area contributed by atoms with Gasteiger partial charge in [0.2, 0.25) is 0 Å². The summed E-state index contributed by atoms with van der Waals surface area (Å²) >= 11 is 0. The third-order valence-electron chi connectivity index (χ3n) is 4.24. The highest BCUT2D eigenvalue weighted by Gasteiger charge is 2.39. The van der Waals surface area contributed by atoms with Gasteiger partial charge in [0.25, 0.3) is 0 Å². The van der Waals surface area contributed by atoms with Crippen molar-refractivity contribution in [1.82, 2.24) is 5.32 Å². The minimum atomic E-state index is -0.544. The second kappa shape index (κ2) is 5.17. The maximum atomic E-state index is 13.8. The molecule has 2 nitrogen and oxygen atoms in total. The van der Waals surface area contributed by atoms with Gasteiger partial charge in [-0.3, -0.25) is 0 Å².